The van der Waals surface area contributed by atoms with Crippen LogP contribution in [0.1, 0.15) is 0 Å². The Hall–Kier alpha value is -1.80. The molecular weight excluding hydrogens is 385 g/mol. The molecule has 0 spiro atoms. The Balaban J connectivity index is 1.98. The summed E-state index contributed by atoms with van der Waals surface area (Å²) in [5.41, 5.74) is 1.04. The van der Waals surface area contributed by atoms with Crippen molar-refractivity contribution in [3.63, 3.8) is 0 Å². The molecule has 134 valence electrons. The summed E-state index contributed by atoms with van der Waals surface area (Å²) in [6, 6.07) is 11.0. The molecule has 0 aromatic heterocycles. The SMILES string of the molecule is CN(C)S(=O)(=O)c1ccc(NC(=O)CNc2cccc(Cl)c2Cl)cc1. The van der Waals surface area contributed by atoms with E-state index in [1.807, 2.05) is 0 Å². The summed E-state index contributed by atoms with van der Waals surface area (Å²) in [7, 11) is -0.584. The zero-order chi connectivity index (χ0) is 18.6. The first-order chi connectivity index (χ1) is 11.7. The number of nitrogens with zero attached hydrogens (tertiary/aromatic N) is 1. The van der Waals surface area contributed by atoms with Gasteiger partial charge >= 0.3 is 0 Å². The third-order valence-electron chi connectivity index (χ3n) is 3.31. The molecule has 0 aliphatic rings. The average molecular weight is 402 g/mol. The van der Waals surface area contributed by atoms with Gasteiger partial charge in [0.15, 0.2) is 0 Å². The van der Waals surface area contributed by atoms with Gasteiger partial charge in [-0.25, -0.2) is 12.7 Å². The van der Waals surface area contributed by atoms with Crippen LogP contribution in [-0.4, -0.2) is 39.3 Å². The molecule has 0 aliphatic heterocycles. The lowest BCUT2D eigenvalue weighted by Gasteiger charge is -2.12. The van der Waals surface area contributed by atoms with Crippen molar-refractivity contribution in [3.8, 4) is 0 Å². The standard InChI is InChI=1S/C16H17Cl2N3O3S/c1-21(2)25(23,24)12-8-6-11(7-9-12)20-15(22)10-19-14-5-3-4-13(17)16(14)18/h3-9,19H,10H2,1-2H3,(H,20,22). The Morgan fingerprint density at radius 2 is 1.72 bits per heavy atom. The lowest BCUT2D eigenvalue weighted by molar-refractivity contribution is -0.114. The zero-order valence-electron chi connectivity index (χ0n) is 13.6. The number of amides is 1. The fraction of sp³-hybridized carbons (Fsp3) is 0.188. The van der Waals surface area contributed by atoms with E-state index in [1.54, 1.807) is 18.2 Å². The second kappa shape index (κ2) is 8.05. The predicted octanol–water partition coefficient (Wildman–Crippen LogP) is 3.29. The van der Waals surface area contributed by atoms with Gasteiger partial charge in [0.05, 0.1) is 27.2 Å². The number of halogens is 2. The van der Waals surface area contributed by atoms with Crippen LogP contribution >= 0.6 is 23.2 Å². The summed E-state index contributed by atoms with van der Waals surface area (Å²) in [5, 5.41) is 6.30. The molecule has 6 nitrogen and oxygen atoms in total. The quantitative estimate of drug-likeness (QED) is 0.777. The monoisotopic (exact) mass is 401 g/mol. The smallest absolute Gasteiger partial charge is 0.243 e. The van der Waals surface area contributed by atoms with Crippen LogP contribution in [-0.2, 0) is 14.8 Å². The van der Waals surface area contributed by atoms with Crippen molar-refractivity contribution in [2.75, 3.05) is 31.3 Å². The van der Waals surface area contributed by atoms with Gasteiger partial charge in [-0.2, -0.15) is 0 Å². The van der Waals surface area contributed by atoms with Crippen LogP contribution in [0.2, 0.25) is 10.0 Å². The first kappa shape index (κ1) is 19.5. The van der Waals surface area contributed by atoms with E-state index in [9.17, 15) is 13.2 Å². The summed E-state index contributed by atoms with van der Waals surface area (Å²) in [4.78, 5) is 12.1. The summed E-state index contributed by atoms with van der Waals surface area (Å²) in [6.07, 6.45) is 0. The summed E-state index contributed by atoms with van der Waals surface area (Å²) in [5.74, 6) is -0.306. The van der Waals surface area contributed by atoms with Crippen molar-refractivity contribution in [2.24, 2.45) is 0 Å². The number of nitrogens with one attached hydrogen (secondary N) is 2. The molecule has 0 bridgehead atoms. The van der Waals surface area contributed by atoms with Gasteiger partial charge in [0, 0.05) is 19.8 Å². The molecule has 1 amide bonds. The Bertz CT molecular complexity index is 869. The van der Waals surface area contributed by atoms with Gasteiger partial charge in [-0.1, -0.05) is 29.3 Å². The van der Waals surface area contributed by atoms with Crippen molar-refractivity contribution in [1.29, 1.82) is 0 Å². The van der Waals surface area contributed by atoms with Gasteiger partial charge in [-0.3, -0.25) is 4.79 Å². The highest BCUT2D eigenvalue weighted by atomic mass is 35.5. The van der Waals surface area contributed by atoms with Crippen LogP contribution in [0.15, 0.2) is 47.4 Å². The maximum atomic E-state index is 12.0. The minimum atomic E-state index is -3.50. The molecule has 2 aromatic rings. The van der Waals surface area contributed by atoms with E-state index < -0.39 is 10.0 Å². The molecule has 0 atom stereocenters. The lowest BCUT2D eigenvalue weighted by Crippen LogP contribution is -2.23. The second-order valence-corrected chi connectivity index (χ2v) is 8.25. The molecule has 0 heterocycles. The molecule has 0 saturated heterocycles. The van der Waals surface area contributed by atoms with Crippen LogP contribution in [0, 0.1) is 0 Å². The number of sulfonamides is 1. The van der Waals surface area contributed by atoms with Gasteiger partial charge in [0.1, 0.15) is 0 Å². The summed E-state index contributed by atoms with van der Waals surface area (Å²) >= 11 is 11.9. The van der Waals surface area contributed by atoms with Crippen LogP contribution in [0.4, 0.5) is 11.4 Å². The molecule has 0 fully saturated rings. The number of benzene rings is 2. The minimum absolute atomic E-state index is 0.0161. The van der Waals surface area contributed by atoms with Crippen molar-refractivity contribution in [2.45, 2.75) is 4.90 Å². The highest BCUT2D eigenvalue weighted by molar-refractivity contribution is 7.89. The fourth-order valence-electron chi connectivity index (χ4n) is 1.94. The third-order valence-corrected chi connectivity index (χ3v) is 5.96. The topological polar surface area (TPSA) is 78.5 Å². The average Bonchev–Trinajstić information content (AvgIpc) is 2.56. The summed E-state index contributed by atoms with van der Waals surface area (Å²) < 4.78 is 25.1. The molecule has 2 N–H and O–H groups in total. The molecule has 0 unspecified atom stereocenters. The third kappa shape index (κ3) is 4.85. The molecule has 2 rings (SSSR count). The zero-order valence-corrected chi connectivity index (χ0v) is 15.9. The molecular formula is C16H17Cl2N3O3S. The van der Waals surface area contributed by atoms with Gasteiger partial charge in [0.2, 0.25) is 15.9 Å². The Kier molecular flexibility index (Phi) is 6.29. The molecule has 25 heavy (non-hydrogen) atoms. The van der Waals surface area contributed by atoms with Crippen molar-refractivity contribution < 1.29 is 13.2 Å². The highest BCUT2D eigenvalue weighted by Crippen LogP contribution is 2.29. The van der Waals surface area contributed by atoms with E-state index >= 15 is 0 Å². The minimum Gasteiger partial charge on any atom is -0.375 e. The number of carbonyl (C=O) groups excluding carboxylic acids is 1. The molecule has 0 aliphatic carbocycles. The van der Waals surface area contributed by atoms with E-state index in [1.165, 1.54) is 38.4 Å². The second-order valence-electron chi connectivity index (χ2n) is 5.31. The van der Waals surface area contributed by atoms with Gasteiger partial charge in [0.25, 0.3) is 0 Å². The highest BCUT2D eigenvalue weighted by Gasteiger charge is 2.16. The number of rotatable bonds is 6. The van der Waals surface area contributed by atoms with E-state index in [4.69, 9.17) is 23.2 Å². The number of anilines is 2. The van der Waals surface area contributed by atoms with E-state index in [-0.39, 0.29) is 17.3 Å². The van der Waals surface area contributed by atoms with E-state index in [2.05, 4.69) is 10.6 Å². The maximum absolute atomic E-state index is 12.0. The maximum Gasteiger partial charge on any atom is 0.243 e. The Morgan fingerprint density at radius 1 is 1.08 bits per heavy atom. The van der Waals surface area contributed by atoms with Crippen LogP contribution in [0.5, 0.6) is 0 Å². The Morgan fingerprint density at radius 3 is 2.32 bits per heavy atom. The molecule has 0 saturated carbocycles. The van der Waals surface area contributed by atoms with E-state index in [0.29, 0.717) is 21.4 Å². The fourth-order valence-corrected chi connectivity index (χ4v) is 3.21. The predicted molar refractivity (Wildman–Crippen MR) is 101 cm³/mol. The van der Waals surface area contributed by atoms with Crippen LogP contribution < -0.4 is 10.6 Å². The van der Waals surface area contributed by atoms with Gasteiger partial charge in [-0.05, 0) is 36.4 Å². The Labute approximate surface area is 156 Å². The van der Waals surface area contributed by atoms with Crippen molar-refractivity contribution in [3.05, 3.63) is 52.5 Å². The van der Waals surface area contributed by atoms with Gasteiger partial charge < -0.3 is 10.6 Å². The van der Waals surface area contributed by atoms with Gasteiger partial charge in [-0.15, -0.1) is 0 Å². The van der Waals surface area contributed by atoms with Crippen LogP contribution in [0.3, 0.4) is 0 Å². The largest absolute Gasteiger partial charge is 0.375 e. The summed E-state index contributed by atoms with van der Waals surface area (Å²) in [6.45, 7) is -0.0161. The number of carbonyl (C=O) groups is 1. The molecule has 2 aromatic carbocycles. The first-order valence-corrected chi connectivity index (χ1v) is 9.42. The van der Waals surface area contributed by atoms with Crippen molar-refractivity contribution in [1.82, 2.24) is 4.31 Å². The lowest BCUT2D eigenvalue weighted by atomic mass is 10.3. The number of hydrogen-bond acceptors (Lipinski definition) is 4. The molecule has 0 radical (unpaired) electrons. The van der Waals surface area contributed by atoms with E-state index in [0.717, 1.165) is 4.31 Å². The number of hydrogen-bond donors (Lipinski definition) is 2. The normalized spacial score (nSPS) is 11.4. The van der Waals surface area contributed by atoms with Crippen LogP contribution in [0.25, 0.3) is 0 Å². The van der Waals surface area contributed by atoms with Crippen molar-refractivity contribution >= 4 is 50.5 Å². The molecule has 9 heteroatoms. The first-order valence-electron chi connectivity index (χ1n) is 7.22.